The number of nitrogens with zero attached hydrogens (tertiary/aromatic N) is 1. The summed E-state index contributed by atoms with van der Waals surface area (Å²) >= 11 is 12.2. The minimum Gasteiger partial charge on any atom is -0.492 e. The molecule has 0 fully saturated rings. The molecule has 0 bridgehead atoms. The van der Waals surface area contributed by atoms with Crippen molar-refractivity contribution in [1.82, 2.24) is 5.32 Å². The minimum absolute atomic E-state index is 0.0431. The summed E-state index contributed by atoms with van der Waals surface area (Å²) in [5.74, 6) is 0.189. The molecule has 0 aliphatic heterocycles. The number of nitrogens with one attached hydrogen (secondary N) is 1. The van der Waals surface area contributed by atoms with Gasteiger partial charge >= 0.3 is 0 Å². The average molecular weight is 493 g/mol. The van der Waals surface area contributed by atoms with Gasteiger partial charge in [-0.3, -0.25) is 9.10 Å². The van der Waals surface area contributed by atoms with Crippen LogP contribution in [0.15, 0.2) is 77.7 Å². The number of amides is 1. The van der Waals surface area contributed by atoms with Crippen LogP contribution in [0.25, 0.3) is 0 Å². The molecule has 168 valence electrons. The van der Waals surface area contributed by atoms with Gasteiger partial charge in [0.2, 0.25) is 5.91 Å². The van der Waals surface area contributed by atoms with Crippen LogP contribution in [0.3, 0.4) is 0 Å². The van der Waals surface area contributed by atoms with Gasteiger partial charge < -0.3 is 10.1 Å². The van der Waals surface area contributed by atoms with Gasteiger partial charge in [0.1, 0.15) is 18.9 Å². The van der Waals surface area contributed by atoms with Crippen molar-refractivity contribution in [2.45, 2.75) is 11.8 Å². The summed E-state index contributed by atoms with van der Waals surface area (Å²) in [4.78, 5) is 12.6. The molecule has 9 heteroatoms. The molecule has 3 aromatic carbocycles. The van der Waals surface area contributed by atoms with Crippen LogP contribution in [-0.4, -0.2) is 34.0 Å². The Morgan fingerprint density at radius 3 is 2.34 bits per heavy atom. The van der Waals surface area contributed by atoms with Crippen LogP contribution in [0, 0.1) is 6.92 Å². The van der Waals surface area contributed by atoms with Crippen LogP contribution in [0.5, 0.6) is 5.75 Å². The third kappa shape index (κ3) is 6.16. The lowest BCUT2D eigenvalue weighted by Crippen LogP contribution is -2.42. The fourth-order valence-corrected chi connectivity index (χ4v) is 4.90. The largest absolute Gasteiger partial charge is 0.492 e. The van der Waals surface area contributed by atoms with Gasteiger partial charge in [0, 0.05) is 5.02 Å². The number of anilines is 1. The van der Waals surface area contributed by atoms with E-state index in [1.54, 1.807) is 18.2 Å². The predicted molar refractivity (Wildman–Crippen MR) is 127 cm³/mol. The first-order chi connectivity index (χ1) is 15.3. The summed E-state index contributed by atoms with van der Waals surface area (Å²) in [6, 6.07) is 19.8. The highest BCUT2D eigenvalue weighted by atomic mass is 35.5. The van der Waals surface area contributed by atoms with E-state index in [0.29, 0.717) is 10.8 Å². The maximum atomic E-state index is 13.3. The maximum Gasteiger partial charge on any atom is 0.264 e. The van der Waals surface area contributed by atoms with Gasteiger partial charge in [-0.1, -0.05) is 59.1 Å². The van der Waals surface area contributed by atoms with Gasteiger partial charge in [-0.05, 0) is 49.4 Å². The number of hydrogen-bond acceptors (Lipinski definition) is 4. The molecule has 6 nitrogen and oxygen atoms in total. The van der Waals surface area contributed by atoms with Crippen molar-refractivity contribution in [3.8, 4) is 5.75 Å². The Bertz CT molecular complexity index is 1170. The monoisotopic (exact) mass is 492 g/mol. The molecule has 32 heavy (non-hydrogen) atoms. The highest BCUT2D eigenvalue weighted by Crippen LogP contribution is 2.32. The van der Waals surface area contributed by atoms with Crippen LogP contribution < -0.4 is 14.4 Å². The molecule has 0 saturated heterocycles. The summed E-state index contributed by atoms with van der Waals surface area (Å²) < 4.78 is 33.1. The second-order valence-corrected chi connectivity index (χ2v) is 9.64. The average Bonchev–Trinajstić information content (AvgIpc) is 2.77. The predicted octanol–water partition coefficient (Wildman–Crippen LogP) is 4.69. The van der Waals surface area contributed by atoms with Crippen molar-refractivity contribution in [3.05, 3.63) is 88.4 Å². The van der Waals surface area contributed by atoms with Crippen molar-refractivity contribution in [3.63, 3.8) is 0 Å². The van der Waals surface area contributed by atoms with E-state index < -0.39 is 22.5 Å². The number of carbonyl (C=O) groups excluding carboxylic acids is 1. The molecule has 0 spiro atoms. The van der Waals surface area contributed by atoms with E-state index in [0.717, 1.165) is 9.87 Å². The molecule has 0 heterocycles. The number of hydrogen-bond donors (Lipinski definition) is 1. The Morgan fingerprint density at radius 2 is 1.69 bits per heavy atom. The van der Waals surface area contributed by atoms with E-state index >= 15 is 0 Å². The van der Waals surface area contributed by atoms with Crippen molar-refractivity contribution >= 4 is 44.8 Å². The molecule has 0 aromatic heterocycles. The van der Waals surface area contributed by atoms with Crippen LogP contribution in [0.1, 0.15) is 5.56 Å². The molecule has 3 rings (SSSR count). The zero-order chi connectivity index (χ0) is 23.1. The lowest BCUT2D eigenvalue weighted by atomic mass is 10.2. The number of halogens is 2. The summed E-state index contributed by atoms with van der Waals surface area (Å²) in [6.45, 7) is 1.97. The molecule has 1 N–H and O–H groups in total. The Balaban J connectivity index is 1.72. The smallest absolute Gasteiger partial charge is 0.264 e. The second kappa shape index (κ2) is 10.7. The number of benzene rings is 3. The SMILES string of the molecule is Cc1ccc(OCCNC(=O)CN(c2ccc(Cl)cc2Cl)S(=O)(=O)c2ccccc2)cc1. The van der Waals surface area contributed by atoms with E-state index in [9.17, 15) is 13.2 Å². The number of sulfonamides is 1. The van der Waals surface area contributed by atoms with Gasteiger partial charge in [-0.15, -0.1) is 0 Å². The zero-order valence-corrected chi connectivity index (χ0v) is 19.6. The van der Waals surface area contributed by atoms with Crippen molar-refractivity contribution in [1.29, 1.82) is 0 Å². The van der Waals surface area contributed by atoms with Crippen LogP contribution in [0.4, 0.5) is 5.69 Å². The molecule has 3 aromatic rings. The van der Waals surface area contributed by atoms with Gasteiger partial charge in [0.15, 0.2) is 0 Å². The second-order valence-electron chi connectivity index (χ2n) is 6.93. The fourth-order valence-electron chi connectivity index (χ4n) is 2.88. The molecule has 0 atom stereocenters. The van der Waals surface area contributed by atoms with Crippen molar-refractivity contribution < 1.29 is 17.9 Å². The first-order valence-electron chi connectivity index (χ1n) is 9.76. The van der Waals surface area contributed by atoms with E-state index in [1.807, 2.05) is 31.2 Å². The minimum atomic E-state index is -4.05. The van der Waals surface area contributed by atoms with Crippen LogP contribution in [0.2, 0.25) is 10.0 Å². The summed E-state index contributed by atoms with van der Waals surface area (Å²) in [6.07, 6.45) is 0. The summed E-state index contributed by atoms with van der Waals surface area (Å²) in [5.41, 5.74) is 1.28. The zero-order valence-electron chi connectivity index (χ0n) is 17.3. The van der Waals surface area contributed by atoms with Gasteiger partial charge in [-0.2, -0.15) is 0 Å². The first-order valence-corrected chi connectivity index (χ1v) is 12.0. The molecule has 0 unspecified atom stereocenters. The number of ether oxygens (including phenoxy) is 1. The quantitative estimate of drug-likeness (QED) is 0.439. The molecular weight excluding hydrogens is 471 g/mol. The van der Waals surface area contributed by atoms with Gasteiger partial charge in [0.25, 0.3) is 10.0 Å². The topological polar surface area (TPSA) is 75.7 Å². The van der Waals surface area contributed by atoms with E-state index in [-0.39, 0.29) is 28.8 Å². The van der Waals surface area contributed by atoms with E-state index in [1.165, 1.54) is 30.3 Å². The third-order valence-electron chi connectivity index (χ3n) is 4.51. The molecular formula is C23H22Cl2N2O4S. The highest BCUT2D eigenvalue weighted by molar-refractivity contribution is 7.92. The highest BCUT2D eigenvalue weighted by Gasteiger charge is 2.28. The molecule has 0 radical (unpaired) electrons. The molecule has 0 saturated carbocycles. The fraction of sp³-hybridized carbons (Fsp3) is 0.174. The van der Waals surface area contributed by atoms with Crippen LogP contribution in [-0.2, 0) is 14.8 Å². The van der Waals surface area contributed by atoms with E-state index in [2.05, 4.69) is 5.32 Å². The van der Waals surface area contributed by atoms with Gasteiger partial charge in [0.05, 0.1) is 22.2 Å². The molecule has 0 aliphatic carbocycles. The number of rotatable bonds is 9. The summed E-state index contributed by atoms with van der Waals surface area (Å²) in [5, 5.41) is 3.15. The standard InChI is InChI=1S/C23H22Cl2N2O4S/c1-17-7-10-19(11-8-17)31-14-13-26-23(28)16-27(22-12-9-18(24)15-21(22)25)32(29,30)20-5-3-2-4-6-20/h2-12,15H,13-14,16H2,1H3,(H,26,28). The van der Waals surface area contributed by atoms with Crippen LogP contribution >= 0.6 is 23.2 Å². The lowest BCUT2D eigenvalue weighted by molar-refractivity contribution is -0.119. The van der Waals surface area contributed by atoms with E-state index in [4.69, 9.17) is 27.9 Å². The Kier molecular flexibility index (Phi) is 8.01. The molecule has 1 amide bonds. The van der Waals surface area contributed by atoms with Crippen molar-refractivity contribution in [2.75, 3.05) is 24.0 Å². The summed E-state index contributed by atoms with van der Waals surface area (Å²) in [7, 11) is -4.05. The Hall–Kier alpha value is -2.74. The Morgan fingerprint density at radius 1 is 1.00 bits per heavy atom. The number of aryl methyl sites for hydroxylation is 1. The maximum absolute atomic E-state index is 13.3. The number of carbonyl (C=O) groups is 1. The van der Waals surface area contributed by atoms with Crippen molar-refractivity contribution in [2.24, 2.45) is 0 Å². The normalized spacial score (nSPS) is 11.1. The third-order valence-corrected chi connectivity index (χ3v) is 6.82. The molecule has 0 aliphatic rings. The Labute approximate surface area is 197 Å². The van der Waals surface area contributed by atoms with Gasteiger partial charge in [-0.25, -0.2) is 8.42 Å². The lowest BCUT2D eigenvalue weighted by Gasteiger charge is -2.25. The first kappa shape index (κ1) is 23.9.